The molecule has 2 aliphatic rings. The molecule has 1 saturated carbocycles. The smallest absolute Gasteiger partial charge is 0.331 e. The summed E-state index contributed by atoms with van der Waals surface area (Å²) < 4.78 is 1.91. The van der Waals surface area contributed by atoms with Gasteiger partial charge in [-0.3, -0.25) is 15.0 Å². The minimum Gasteiger partial charge on any atom is -0.331 e. The summed E-state index contributed by atoms with van der Waals surface area (Å²) in [6.07, 6.45) is 2.96. The van der Waals surface area contributed by atoms with Crippen LogP contribution in [0.2, 0.25) is 0 Å². The molecule has 1 aliphatic carbocycles. The summed E-state index contributed by atoms with van der Waals surface area (Å²) in [7, 11) is 0. The number of amides is 4. The highest BCUT2D eigenvalue weighted by molar-refractivity contribution is 6.08. The number of carbonyl (C=O) groups is 3. The minimum absolute atomic E-state index is 0.0150. The summed E-state index contributed by atoms with van der Waals surface area (Å²) in [5.41, 5.74) is 4.47. The quantitative estimate of drug-likeness (QED) is 0.617. The van der Waals surface area contributed by atoms with Gasteiger partial charge in [-0.1, -0.05) is 55.5 Å². The van der Waals surface area contributed by atoms with E-state index in [0.29, 0.717) is 18.8 Å². The van der Waals surface area contributed by atoms with Crippen LogP contribution >= 0.6 is 0 Å². The van der Waals surface area contributed by atoms with Gasteiger partial charge in [-0.15, -0.1) is 0 Å². The lowest BCUT2D eigenvalue weighted by molar-refractivity contribution is -0.140. The van der Waals surface area contributed by atoms with Crippen LogP contribution in [0.4, 0.5) is 4.79 Å². The number of urea groups is 1. The molecule has 1 saturated heterocycles. The van der Waals surface area contributed by atoms with Crippen LogP contribution in [0.1, 0.15) is 32.6 Å². The number of aromatic nitrogens is 1. The second-order valence-corrected chi connectivity index (χ2v) is 8.91. The predicted molar refractivity (Wildman–Crippen MR) is 121 cm³/mol. The molecule has 1 aliphatic heterocycles. The predicted octanol–water partition coefficient (Wildman–Crippen LogP) is 3.84. The van der Waals surface area contributed by atoms with Crippen LogP contribution in [0.5, 0.6) is 0 Å². The molecule has 5 rings (SSSR count). The van der Waals surface area contributed by atoms with Crippen molar-refractivity contribution in [2.75, 3.05) is 0 Å². The average molecular weight is 431 g/mol. The van der Waals surface area contributed by atoms with E-state index in [1.165, 1.54) is 0 Å². The van der Waals surface area contributed by atoms with E-state index in [9.17, 15) is 14.4 Å². The van der Waals surface area contributed by atoms with Crippen molar-refractivity contribution < 1.29 is 14.4 Å². The Kier molecular flexibility index (Phi) is 4.96. The maximum absolute atomic E-state index is 13.1. The van der Waals surface area contributed by atoms with E-state index in [4.69, 9.17) is 0 Å². The summed E-state index contributed by atoms with van der Waals surface area (Å²) in [5.74, 6) is -0.246. The largest absolute Gasteiger partial charge is 0.344 e. The van der Waals surface area contributed by atoms with Gasteiger partial charge in [0.15, 0.2) is 0 Å². The number of nitrogens with zero attached hydrogens (tertiary/aromatic N) is 2. The van der Waals surface area contributed by atoms with Crippen molar-refractivity contribution in [3.63, 3.8) is 0 Å². The Labute approximate surface area is 186 Å². The van der Waals surface area contributed by atoms with E-state index in [1.54, 1.807) is 0 Å². The Balaban J connectivity index is 1.39. The van der Waals surface area contributed by atoms with Gasteiger partial charge in [0.25, 0.3) is 11.8 Å². The SMILES string of the molecule is CC1CCC2(CC1)NC(=O)N(NC(=O)Cn1c(-c3ccccc3)cc3ccccc31)C2=O. The fourth-order valence-corrected chi connectivity index (χ4v) is 4.85. The van der Waals surface area contributed by atoms with Gasteiger partial charge in [0, 0.05) is 16.6 Å². The number of para-hydroxylation sites is 1. The number of hydrogen-bond donors (Lipinski definition) is 2. The Morgan fingerprint density at radius 2 is 1.75 bits per heavy atom. The minimum atomic E-state index is -0.883. The molecule has 3 aromatic rings. The standard InChI is InChI=1S/C25H26N4O3/c1-17-11-13-25(14-12-17)23(31)29(24(32)26-25)27-22(30)16-28-20-10-6-5-9-19(20)15-21(28)18-7-3-2-4-8-18/h2-10,15,17H,11-14,16H2,1H3,(H,26,32)(H,27,30). The van der Waals surface area contributed by atoms with Gasteiger partial charge >= 0.3 is 6.03 Å². The molecule has 164 valence electrons. The number of rotatable bonds is 4. The zero-order valence-electron chi connectivity index (χ0n) is 18.0. The summed E-state index contributed by atoms with van der Waals surface area (Å²) in [5, 5.41) is 4.72. The van der Waals surface area contributed by atoms with Crippen molar-refractivity contribution in [3.8, 4) is 11.3 Å². The van der Waals surface area contributed by atoms with Crippen LogP contribution in [0.3, 0.4) is 0 Å². The van der Waals surface area contributed by atoms with Crippen molar-refractivity contribution in [1.82, 2.24) is 20.3 Å². The third kappa shape index (κ3) is 3.43. The van der Waals surface area contributed by atoms with Gasteiger partial charge in [0.1, 0.15) is 12.1 Å². The molecule has 2 heterocycles. The molecular weight excluding hydrogens is 404 g/mol. The molecule has 0 radical (unpaired) electrons. The Morgan fingerprint density at radius 3 is 2.50 bits per heavy atom. The van der Waals surface area contributed by atoms with Gasteiger partial charge in [-0.25, -0.2) is 4.79 Å². The van der Waals surface area contributed by atoms with Crippen molar-refractivity contribution in [2.24, 2.45) is 5.92 Å². The topological polar surface area (TPSA) is 83.4 Å². The molecule has 0 unspecified atom stereocenters. The number of nitrogens with one attached hydrogen (secondary N) is 2. The van der Waals surface area contributed by atoms with Crippen LogP contribution in [0.15, 0.2) is 60.7 Å². The number of fused-ring (bicyclic) bond motifs is 1. The Bertz CT molecular complexity index is 1190. The molecule has 2 aromatic carbocycles. The molecule has 1 aromatic heterocycles. The third-order valence-corrected chi connectivity index (χ3v) is 6.71. The molecular formula is C25H26N4O3. The summed E-state index contributed by atoms with van der Waals surface area (Å²) >= 11 is 0. The molecule has 2 fully saturated rings. The maximum Gasteiger partial charge on any atom is 0.344 e. The number of imide groups is 1. The highest BCUT2D eigenvalue weighted by Gasteiger charge is 2.52. The van der Waals surface area contributed by atoms with Gasteiger partial charge in [-0.2, -0.15) is 5.01 Å². The van der Waals surface area contributed by atoms with Gasteiger partial charge in [-0.05, 0) is 49.3 Å². The van der Waals surface area contributed by atoms with Crippen molar-refractivity contribution in [2.45, 2.75) is 44.7 Å². The highest BCUT2D eigenvalue weighted by atomic mass is 16.2. The first-order valence-corrected chi connectivity index (χ1v) is 11.1. The summed E-state index contributed by atoms with van der Waals surface area (Å²) in [6, 6.07) is 19.2. The van der Waals surface area contributed by atoms with Gasteiger partial charge < -0.3 is 9.88 Å². The molecule has 1 spiro atoms. The maximum atomic E-state index is 13.1. The second kappa shape index (κ2) is 7.82. The fourth-order valence-electron chi connectivity index (χ4n) is 4.85. The van der Waals surface area contributed by atoms with E-state index in [0.717, 1.165) is 40.0 Å². The van der Waals surface area contributed by atoms with Gasteiger partial charge in [0.2, 0.25) is 0 Å². The molecule has 7 nitrogen and oxygen atoms in total. The Hall–Kier alpha value is -3.61. The molecule has 0 atom stereocenters. The molecule has 4 amide bonds. The zero-order chi connectivity index (χ0) is 22.3. The van der Waals surface area contributed by atoms with Crippen molar-refractivity contribution >= 4 is 28.7 Å². The van der Waals surface area contributed by atoms with E-state index in [1.807, 2.05) is 65.2 Å². The first-order chi connectivity index (χ1) is 15.5. The first kappa shape index (κ1) is 20.3. The summed E-state index contributed by atoms with van der Waals surface area (Å²) in [4.78, 5) is 38.6. The number of carbonyl (C=O) groups excluding carboxylic acids is 3. The van der Waals surface area contributed by atoms with Crippen LogP contribution in [-0.4, -0.2) is 33.0 Å². The lowest BCUT2D eigenvalue weighted by Gasteiger charge is -2.33. The number of hydrazine groups is 1. The molecule has 2 N–H and O–H groups in total. The summed E-state index contributed by atoms with van der Waals surface area (Å²) in [6.45, 7) is 2.14. The highest BCUT2D eigenvalue weighted by Crippen LogP contribution is 2.36. The van der Waals surface area contributed by atoms with Crippen LogP contribution in [0.25, 0.3) is 22.2 Å². The van der Waals surface area contributed by atoms with Crippen LogP contribution in [0, 0.1) is 5.92 Å². The number of benzene rings is 2. The van der Waals surface area contributed by atoms with Crippen molar-refractivity contribution in [1.29, 1.82) is 0 Å². The first-order valence-electron chi connectivity index (χ1n) is 11.1. The average Bonchev–Trinajstić information content (AvgIpc) is 3.27. The van der Waals surface area contributed by atoms with Crippen LogP contribution in [-0.2, 0) is 16.1 Å². The molecule has 7 heteroatoms. The van der Waals surface area contributed by atoms with E-state index >= 15 is 0 Å². The zero-order valence-corrected chi connectivity index (χ0v) is 18.0. The lowest BCUT2D eigenvalue weighted by atomic mass is 9.77. The van der Waals surface area contributed by atoms with Crippen LogP contribution < -0.4 is 10.7 Å². The van der Waals surface area contributed by atoms with E-state index in [2.05, 4.69) is 17.7 Å². The third-order valence-electron chi connectivity index (χ3n) is 6.71. The second-order valence-electron chi connectivity index (χ2n) is 8.91. The normalized spacial score (nSPS) is 23.0. The molecule has 0 bridgehead atoms. The molecule has 32 heavy (non-hydrogen) atoms. The fraction of sp³-hybridized carbons (Fsp3) is 0.320. The lowest BCUT2D eigenvalue weighted by Crippen LogP contribution is -2.52. The van der Waals surface area contributed by atoms with Gasteiger partial charge in [0.05, 0.1) is 0 Å². The van der Waals surface area contributed by atoms with Crippen molar-refractivity contribution in [3.05, 3.63) is 60.7 Å². The van der Waals surface area contributed by atoms with E-state index in [-0.39, 0.29) is 12.5 Å². The Morgan fingerprint density at radius 1 is 1.06 bits per heavy atom. The number of hydrogen-bond acceptors (Lipinski definition) is 3. The van der Waals surface area contributed by atoms with E-state index < -0.39 is 17.5 Å². The monoisotopic (exact) mass is 430 g/mol.